The topological polar surface area (TPSA) is 15.5 Å². The van der Waals surface area contributed by atoms with Gasteiger partial charge in [0, 0.05) is 0 Å². The maximum Gasteiger partial charge on any atom is 0.180 e. The van der Waals surface area contributed by atoms with E-state index in [1.54, 1.807) is 0 Å². The quantitative estimate of drug-likeness (QED) is 0.743. The van der Waals surface area contributed by atoms with Gasteiger partial charge >= 0.3 is 0 Å². The second-order valence-electron chi connectivity index (χ2n) is 4.43. The molecule has 0 N–H and O–H groups in total. The summed E-state index contributed by atoms with van der Waals surface area (Å²) in [4.78, 5) is 5.57. The maximum atomic E-state index is 5.57. The number of benzene rings is 2. The van der Waals surface area contributed by atoms with Crippen molar-refractivity contribution in [3.63, 3.8) is 0 Å². The van der Waals surface area contributed by atoms with E-state index >= 15 is 0 Å². The number of hydrogen-bond donors (Lipinski definition) is 0. The Morgan fingerprint density at radius 2 is 1.71 bits per heavy atom. The first-order valence-corrected chi connectivity index (χ1v) is 5.87. The number of hydrogen-bond acceptors (Lipinski definition) is 2. The molecule has 0 radical (unpaired) electrons. The molecule has 86 valence electrons. The average Bonchev–Trinajstić information content (AvgIpc) is 3.13. The van der Waals surface area contributed by atoms with Gasteiger partial charge in [0.1, 0.15) is 0 Å². The van der Waals surface area contributed by atoms with Gasteiger partial charge in [0.05, 0.1) is 6.54 Å². The van der Waals surface area contributed by atoms with Gasteiger partial charge in [-0.25, -0.2) is 0 Å². The first-order chi connectivity index (χ1) is 8.33. The van der Waals surface area contributed by atoms with Gasteiger partial charge in [-0.3, -0.25) is 4.84 Å². The predicted molar refractivity (Wildman–Crippen MR) is 67.0 cm³/mol. The number of nitrogens with zero attached hydrogens (tertiary/aromatic N) is 1. The highest BCUT2D eigenvalue weighted by Gasteiger charge is 2.37. The zero-order valence-corrected chi connectivity index (χ0v) is 9.84. The van der Waals surface area contributed by atoms with Crippen LogP contribution in [0.1, 0.15) is 22.9 Å². The highest BCUT2D eigenvalue weighted by atomic mass is 16.8. The molecule has 2 unspecified atom stereocenters. The largest absolute Gasteiger partial charge is 0.270 e. The lowest BCUT2D eigenvalue weighted by Crippen LogP contribution is -1.98. The van der Waals surface area contributed by atoms with Crippen molar-refractivity contribution in [2.75, 3.05) is 0 Å². The Bertz CT molecular complexity index is 492. The van der Waals surface area contributed by atoms with Crippen LogP contribution in [-0.2, 0) is 11.4 Å². The Balaban J connectivity index is 1.64. The van der Waals surface area contributed by atoms with Crippen LogP contribution in [0.4, 0.5) is 0 Å². The first-order valence-electron chi connectivity index (χ1n) is 5.87. The average molecular weight is 225 g/mol. The molecule has 0 amide bonds. The van der Waals surface area contributed by atoms with Crippen LogP contribution >= 0.6 is 0 Å². The molecule has 1 aliphatic rings. The normalized spacial score (nSPS) is 22.4. The van der Waals surface area contributed by atoms with Crippen LogP contribution in [0, 0.1) is 6.92 Å². The fourth-order valence-corrected chi connectivity index (χ4v) is 1.94. The highest BCUT2D eigenvalue weighted by molar-refractivity contribution is 5.23. The van der Waals surface area contributed by atoms with E-state index in [4.69, 9.17) is 4.84 Å². The van der Waals surface area contributed by atoms with Crippen molar-refractivity contribution < 1.29 is 4.84 Å². The van der Waals surface area contributed by atoms with E-state index < -0.39 is 0 Å². The molecular formula is C15H15NO. The molecule has 3 rings (SSSR count). The first kappa shape index (κ1) is 10.5. The monoisotopic (exact) mass is 225 g/mol. The molecule has 2 nitrogen and oxygen atoms in total. The Hall–Kier alpha value is -1.64. The molecule has 1 aliphatic heterocycles. The smallest absolute Gasteiger partial charge is 0.180 e. The lowest BCUT2D eigenvalue weighted by Gasteiger charge is -2.00. The van der Waals surface area contributed by atoms with E-state index in [2.05, 4.69) is 43.3 Å². The Labute approximate surface area is 101 Å². The molecule has 2 aromatic carbocycles. The van der Waals surface area contributed by atoms with Crippen molar-refractivity contribution in [2.24, 2.45) is 0 Å². The van der Waals surface area contributed by atoms with Crippen molar-refractivity contribution in [3.8, 4) is 0 Å². The van der Waals surface area contributed by atoms with Crippen LogP contribution in [0.5, 0.6) is 0 Å². The van der Waals surface area contributed by atoms with Crippen LogP contribution in [0.2, 0.25) is 0 Å². The summed E-state index contributed by atoms with van der Waals surface area (Å²) < 4.78 is 0. The summed E-state index contributed by atoms with van der Waals surface area (Å²) >= 11 is 0. The lowest BCUT2D eigenvalue weighted by molar-refractivity contribution is 0.192. The van der Waals surface area contributed by atoms with Crippen molar-refractivity contribution >= 4 is 0 Å². The fourth-order valence-electron chi connectivity index (χ4n) is 1.94. The third kappa shape index (κ3) is 2.38. The van der Waals surface area contributed by atoms with Gasteiger partial charge in [0.25, 0.3) is 0 Å². The molecule has 1 saturated heterocycles. The molecule has 0 aliphatic carbocycles. The zero-order valence-electron chi connectivity index (χ0n) is 9.84. The van der Waals surface area contributed by atoms with Crippen LogP contribution in [0.3, 0.4) is 0 Å². The molecule has 2 heteroatoms. The lowest BCUT2D eigenvalue weighted by atomic mass is 10.1. The van der Waals surface area contributed by atoms with E-state index in [-0.39, 0.29) is 6.23 Å². The van der Waals surface area contributed by atoms with Gasteiger partial charge in [0.2, 0.25) is 0 Å². The maximum absolute atomic E-state index is 5.57. The molecule has 0 aromatic heterocycles. The summed E-state index contributed by atoms with van der Waals surface area (Å²) in [6.07, 6.45) is 0.137. The second-order valence-corrected chi connectivity index (χ2v) is 4.43. The van der Waals surface area contributed by atoms with Crippen molar-refractivity contribution in [3.05, 3.63) is 71.3 Å². The van der Waals surface area contributed by atoms with E-state index in [1.807, 2.05) is 23.3 Å². The molecule has 1 fully saturated rings. The molecule has 1 heterocycles. The summed E-state index contributed by atoms with van der Waals surface area (Å²) in [5, 5.41) is 2.00. The van der Waals surface area contributed by atoms with E-state index in [1.165, 1.54) is 16.7 Å². The standard InChI is InChI=1S/C15H15NO/c1-12-7-9-13(10-8-12)11-16-15(17-16)14-5-3-2-4-6-14/h2-10,15H,11H2,1H3. The number of hydroxylamine groups is 2. The molecule has 0 spiro atoms. The number of rotatable bonds is 3. The van der Waals surface area contributed by atoms with E-state index in [0.29, 0.717) is 0 Å². The minimum Gasteiger partial charge on any atom is -0.270 e. The van der Waals surface area contributed by atoms with E-state index in [9.17, 15) is 0 Å². The Morgan fingerprint density at radius 1 is 1.00 bits per heavy atom. The van der Waals surface area contributed by atoms with Gasteiger partial charge in [0.15, 0.2) is 6.23 Å². The van der Waals surface area contributed by atoms with Gasteiger partial charge in [-0.1, -0.05) is 60.2 Å². The van der Waals surface area contributed by atoms with Crippen LogP contribution < -0.4 is 0 Å². The van der Waals surface area contributed by atoms with Gasteiger partial charge in [-0.2, -0.15) is 0 Å². The predicted octanol–water partition coefficient (Wildman–Crippen LogP) is 3.44. The summed E-state index contributed by atoms with van der Waals surface area (Å²) in [6, 6.07) is 18.9. The third-order valence-electron chi connectivity index (χ3n) is 2.99. The number of aryl methyl sites for hydroxylation is 1. The minimum atomic E-state index is 0.137. The van der Waals surface area contributed by atoms with Crippen molar-refractivity contribution in [1.29, 1.82) is 0 Å². The summed E-state index contributed by atoms with van der Waals surface area (Å²) in [5.74, 6) is 0. The van der Waals surface area contributed by atoms with E-state index in [0.717, 1.165) is 6.54 Å². The second kappa shape index (κ2) is 4.32. The zero-order chi connectivity index (χ0) is 11.7. The molecule has 17 heavy (non-hydrogen) atoms. The third-order valence-corrected chi connectivity index (χ3v) is 2.99. The Morgan fingerprint density at radius 3 is 2.41 bits per heavy atom. The van der Waals surface area contributed by atoms with Gasteiger partial charge in [-0.05, 0) is 18.1 Å². The summed E-state index contributed by atoms with van der Waals surface area (Å²) in [6.45, 7) is 2.95. The Kier molecular flexibility index (Phi) is 2.67. The van der Waals surface area contributed by atoms with Crippen molar-refractivity contribution in [1.82, 2.24) is 5.06 Å². The highest BCUT2D eigenvalue weighted by Crippen LogP contribution is 2.37. The fraction of sp³-hybridized carbons (Fsp3) is 0.200. The summed E-state index contributed by atoms with van der Waals surface area (Å²) in [5.41, 5.74) is 3.80. The molecular weight excluding hydrogens is 210 g/mol. The minimum absolute atomic E-state index is 0.137. The summed E-state index contributed by atoms with van der Waals surface area (Å²) in [7, 11) is 0. The molecule has 2 atom stereocenters. The van der Waals surface area contributed by atoms with Crippen molar-refractivity contribution in [2.45, 2.75) is 19.7 Å². The van der Waals surface area contributed by atoms with Crippen LogP contribution in [0.25, 0.3) is 0 Å². The van der Waals surface area contributed by atoms with Crippen LogP contribution in [0.15, 0.2) is 54.6 Å². The molecule has 2 aromatic rings. The SMILES string of the molecule is Cc1ccc(CN2OC2c2ccccc2)cc1. The molecule has 0 bridgehead atoms. The molecule has 0 saturated carbocycles. The van der Waals surface area contributed by atoms with Gasteiger partial charge in [-0.15, -0.1) is 5.06 Å². The van der Waals surface area contributed by atoms with Gasteiger partial charge < -0.3 is 0 Å². The van der Waals surface area contributed by atoms with Crippen LogP contribution in [-0.4, -0.2) is 5.06 Å².